The van der Waals surface area contributed by atoms with Crippen molar-refractivity contribution in [3.8, 4) is 5.69 Å². The molecule has 0 amide bonds. The normalized spacial score (nSPS) is 17.9. The Hall–Kier alpha value is -3.00. The smallest absolute Gasteiger partial charge is 0.326 e. The standard InChI is InChI=1S/C29H31BrFN3O3/c1-17(2)14-24-32-21-16-19(31)8-11-23(21)34(24)20-9-6-18(7-10-20)15-22(28(36)37)33-26-25(30)27(35)29(26)12-4-3-5-13-29/h6-11,16-17,22,33H,3-5,12-15H2,1-2H3,(H,36,37)/t22-/m0/s1. The van der Waals surface area contributed by atoms with E-state index in [9.17, 15) is 19.1 Å². The monoisotopic (exact) mass is 567 g/mol. The number of nitrogens with one attached hydrogen (secondary N) is 1. The van der Waals surface area contributed by atoms with Crippen molar-refractivity contribution in [2.24, 2.45) is 11.3 Å². The topological polar surface area (TPSA) is 84.2 Å². The minimum atomic E-state index is -0.955. The third kappa shape index (κ3) is 4.72. The van der Waals surface area contributed by atoms with Crippen LogP contribution in [0.15, 0.2) is 52.6 Å². The van der Waals surface area contributed by atoms with Gasteiger partial charge in [0, 0.05) is 30.3 Å². The summed E-state index contributed by atoms with van der Waals surface area (Å²) in [4.78, 5) is 29.6. The average molecular weight is 568 g/mol. The highest BCUT2D eigenvalue weighted by atomic mass is 79.9. The van der Waals surface area contributed by atoms with Crippen LogP contribution in [0.25, 0.3) is 16.7 Å². The van der Waals surface area contributed by atoms with Crippen LogP contribution in [0.2, 0.25) is 0 Å². The van der Waals surface area contributed by atoms with E-state index in [1.54, 1.807) is 6.07 Å². The molecule has 2 aliphatic rings. The molecular weight excluding hydrogens is 537 g/mol. The molecule has 0 unspecified atom stereocenters. The number of aromatic nitrogens is 2. The molecule has 1 saturated carbocycles. The number of allylic oxidation sites excluding steroid dienone is 2. The summed E-state index contributed by atoms with van der Waals surface area (Å²) >= 11 is 3.39. The van der Waals surface area contributed by atoms with E-state index in [4.69, 9.17) is 0 Å². The number of ketones is 1. The number of aliphatic carboxylic acids is 1. The summed E-state index contributed by atoms with van der Waals surface area (Å²) in [5.41, 5.74) is 3.40. The van der Waals surface area contributed by atoms with E-state index in [1.807, 2.05) is 28.8 Å². The molecule has 1 aromatic heterocycles. The summed E-state index contributed by atoms with van der Waals surface area (Å²) in [6.45, 7) is 4.24. The minimum absolute atomic E-state index is 0.0906. The molecule has 2 N–H and O–H groups in total. The molecule has 0 radical (unpaired) electrons. The van der Waals surface area contributed by atoms with Gasteiger partial charge in [-0.2, -0.15) is 0 Å². The number of carbonyl (C=O) groups excluding carboxylic acids is 1. The Balaban J connectivity index is 1.40. The first-order valence-corrected chi connectivity index (χ1v) is 13.7. The third-order valence-corrected chi connectivity index (χ3v) is 8.32. The fourth-order valence-electron chi connectivity index (χ4n) is 5.70. The van der Waals surface area contributed by atoms with Crippen molar-refractivity contribution in [3.05, 3.63) is 69.8 Å². The summed E-state index contributed by atoms with van der Waals surface area (Å²) in [7, 11) is 0. The number of benzene rings is 2. The van der Waals surface area contributed by atoms with Gasteiger partial charge in [-0.1, -0.05) is 45.2 Å². The first-order chi connectivity index (χ1) is 17.7. The quantitative estimate of drug-likeness (QED) is 0.344. The molecular formula is C29H31BrFN3O3. The van der Waals surface area contributed by atoms with Gasteiger partial charge in [0.2, 0.25) is 0 Å². The number of imidazole rings is 1. The predicted octanol–water partition coefficient (Wildman–Crippen LogP) is 6.09. The summed E-state index contributed by atoms with van der Waals surface area (Å²) < 4.78 is 16.4. The molecule has 1 fully saturated rings. The highest BCUT2D eigenvalue weighted by molar-refractivity contribution is 9.12. The zero-order valence-corrected chi connectivity index (χ0v) is 22.6. The van der Waals surface area contributed by atoms with Crippen LogP contribution < -0.4 is 5.32 Å². The molecule has 0 bridgehead atoms. The van der Waals surface area contributed by atoms with Crippen LogP contribution in [-0.2, 0) is 22.4 Å². The number of fused-ring (bicyclic) bond motifs is 1. The minimum Gasteiger partial charge on any atom is -0.480 e. The molecule has 0 aliphatic heterocycles. The second-order valence-electron chi connectivity index (χ2n) is 10.7. The number of halogens is 2. The third-order valence-electron chi connectivity index (χ3n) is 7.57. The molecule has 2 aliphatic carbocycles. The number of carboxylic acid groups (broad SMARTS) is 1. The first kappa shape index (κ1) is 25.6. The fourth-order valence-corrected chi connectivity index (χ4v) is 6.58. The molecule has 1 spiro atoms. The van der Waals surface area contributed by atoms with Gasteiger partial charge in [0.25, 0.3) is 0 Å². The van der Waals surface area contributed by atoms with Gasteiger partial charge in [-0.05, 0) is 64.5 Å². The molecule has 1 heterocycles. The Kier molecular flexibility index (Phi) is 6.96. The largest absolute Gasteiger partial charge is 0.480 e. The van der Waals surface area contributed by atoms with E-state index in [1.165, 1.54) is 12.1 Å². The van der Waals surface area contributed by atoms with E-state index in [0.717, 1.165) is 66.8 Å². The summed E-state index contributed by atoms with van der Waals surface area (Å²) in [5.74, 6) is 0.0526. The number of rotatable bonds is 8. The van der Waals surface area contributed by atoms with Crippen LogP contribution in [0.4, 0.5) is 4.39 Å². The van der Waals surface area contributed by atoms with Crippen molar-refractivity contribution in [3.63, 3.8) is 0 Å². The van der Waals surface area contributed by atoms with Gasteiger partial charge >= 0.3 is 5.97 Å². The lowest BCUT2D eigenvalue weighted by molar-refractivity contribution is -0.140. The highest BCUT2D eigenvalue weighted by Gasteiger charge is 2.53. The first-order valence-electron chi connectivity index (χ1n) is 12.9. The van der Waals surface area contributed by atoms with Gasteiger partial charge in [0.15, 0.2) is 5.78 Å². The van der Waals surface area contributed by atoms with Crippen LogP contribution >= 0.6 is 15.9 Å². The van der Waals surface area contributed by atoms with Crippen LogP contribution in [0.5, 0.6) is 0 Å². The van der Waals surface area contributed by atoms with Crippen molar-refractivity contribution < 1.29 is 19.1 Å². The predicted molar refractivity (Wildman–Crippen MR) is 144 cm³/mol. The summed E-state index contributed by atoms with van der Waals surface area (Å²) in [5, 5.41) is 13.2. The molecule has 8 heteroatoms. The van der Waals surface area contributed by atoms with Gasteiger partial charge in [-0.25, -0.2) is 14.2 Å². The van der Waals surface area contributed by atoms with Gasteiger partial charge in [0.1, 0.15) is 17.7 Å². The Morgan fingerprint density at radius 1 is 1.14 bits per heavy atom. The zero-order valence-electron chi connectivity index (χ0n) is 21.1. The van der Waals surface area contributed by atoms with Gasteiger partial charge in [0.05, 0.1) is 20.9 Å². The maximum Gasteiger partial charge on any atom is 0.326 e. The van der Waals surface area contributed by atoms with Crippen molar-refractivity contribution in [1.82, 2.24) is 14.9 Å². The van der Waals surface area contributed by atoms with Crippen molar-refractivity contribution in [2.75, 3.05) is 0 Å². The highest BCUT2D eigenvalue weighted by Crippen LogP contribution is 2.53. The van der Waals surface area contributed by atoms with Crippen LogP contribution in [-0.4, -0.2) is 32.5 Å². The van der Waals surface area contributed by atoms with Crippen LogP contribution in [0, 0.1) is 17.2 Å². The lowest BCUT2D eigenvalue weighted by Gasteiger charge is -2.46. The van der Waals surface area contributed by atoms with Crippen molar-refractivity contribution in [2.45, 2.75) is 64.8 Å². The Labute approximate surface area is 224 Å². The van der Waals surface area contributed by atoms with Crippen LogP contribution in [0.1, 0.15) is 57.3 Å². The average Bonchev–Trinajstić information content (AvgIpc) is 3.22. The maximum atomic E-state index is 13.8. The second kappa shape index (κ2) is 10.0. The van der Waals surface area contributed by atoms with E-state index in [-0.39, 0.29) is 18.0 Å². The van der Waals surface area contributed by atoms with E-state index in [0.29, 0.717) is 15.9 Å². The van der Waals surface area contributed by atoms with E-state index < -0.39 is 17.4 Å². The van der Waals surface area contributed by atoms with Crippen molar-refractivity contribution in [1.29, 1.82) is 0 Å². The Morgan fingerprint density at radius 3 is 2.49 bits per heavy atom. The van der Waals surface area contributed by atoms with E-state index >= 15 is 0 Å². The fraction of sp³-hybridized carbons (Fsp3) is 0.414. The summed E-state index contributed by atoms with van der Waals surface area (Å²) in [6, 6.07) is 11.5. The second-order valence-corrected chi connectivity index (χ2v) is 11.5. The molecule has 3 aromatic rings. The molecule has 6 nitrogen and oxygen atoms in total. The lowest BCUT2D eigenvalue weighted by atomic mass is 9.62. The van der Waals surface area contributed by atoms with Gasteiger partial charge in [-0.15, -0.1) is 0 Å². The van der Waals surface area contributed by atoms with E-state index in [2.05, 4.69) is 40.1 Å². The number of nitrogens with zero attached hydrogens (tertiary/aromatic N) is 2. The number of carboxylic acids is 1. The molecule has 37 heavy (non-hydrogen) atoms. The number of hydrogen-bond acceptors (Lipinski definition) is 4. The Bertz CT molecular complexity index is 1390. The molecule has 5 rings (SSSR count). The summed E-state index contributed by atoms with van der Waals surface area (Å²) in [6.07, 6.45) is 5.62. The lowest BCUT2D eigenvalue weighted by Crippen LogP contribution is -2.53. The zero-order chi connectivity index (χ0) is 26.3. The maximum absolute atomic E-state index is 13.8. The number of hydrogen-bond donors (Lipinski definition) is 2. The Morgan fingerprint density at radius 2 is 1.84 bits per heavy atom. The molecule has 0 saturated heterocycles. The van der Waals surface area contributed by atoms with Gasteiger partial charge < -0.3 is 10.4 Å². The number of Topliss-reactive ketones (excluding diaryl/α,β-unsaturated/α-hetero) is 1. The molecule has 2 aromatic carbocycles. The van der Waals surface area contributed by atoms with Crippen molar-refractivity contribution >= 4 is 38.7 Å². The number of carbonyl (C=O) groups is 2. The molecule has 194 valence electrons. The molecule has 1 atom stereocenters. The SMILES string of the molecule is CC(C)Cc1nc2cc(F)ccc2n1-c1ccc(C[C@H](NC2=C(Br)C(=O)C23CCCCC3)C(=O)O)cc1. The van der Waals surface area contributed by atoms with Crippen LogP contribution in [0.3, 0.4) is 0 Å². The van der Waals surface area contributed by atoms with Gasteiger partial charge in [-0.3, -0.25) is 9.36 Å².